The second kappa shape index (κ2) is 9.36. The summed E-state index contributed by atoms with van der Waals surface area (Å²) >= 11 is 11.7. The maximum Gasteiger partial charge on any atom is 0.387 e. The van der Waals surface area contributed by atoms with Crippen LogP contribution in [0.2, 0.25) is 10.0 Å². The first-order valence-electron chi connectivity index (χ1n) is 8.54. The number of pyridine rings is 1. The molecule has 1 aromatic carbocycles. The van der Waals surface area contributed by atoms with E-state index in [0.717, 1.165) is 18.9 Å². The molecule has 28 heavy (non-hydrogen) atoms. The number of aromatic nitrogens is 1. The summed E-state index contributed by atoms with van der Waals surface area (Å²) in [5.41, 5.74) is 0.417. The van der Waals surface area contributed by atoms with Crippen LogP contribution in [-0.2, 0) is 4.79 Å². The van der Waals surface area contributed by atoms with Crippen LogP contribution in [0.15, 0.2) is 36.5 Å². The SMILES string of the molecule is O=C(CN1CCN(c2ccc(Cl)cn2)CC1)Nc1ccc(OC(F)F)c(Cl)c1. The average Bonchev–Trinajstić information content (AvgIpc) is 2.65. The van der Waals surface area contributed by atoms with E-state index in [1.54, 1.807) is 12.3 Å². The number of carbonyl (C=O) groups is 1. The lowest BCUT2D eigenvalue weighted by molar-refractivity contribution is -0.117. The zero-order chi connectivity index (χ0) is 20.1. The second-order valence-electron chi connectivity index (χ2n) is 6.17. The van der Waals surface area contributed by atoms with Crippen molar-refractivity contribution in [3.8, 4) is 5.75 Å². The maximum absolute atomic E-state index is 12.3. The molecule has 1 amide bonds. The molecule has 1 aliphatic heterocycles. The van der Waals surface area contributed by atoms with E-state index in [2.05, 4.69) is 19.9 Å². The van der Waals surface area contributed by atoms with Gasteiger partial charge in [0.2, 0.25) is 5.91 Å². The summed E-state index contributed by atoms with van der Waals surface area (Å²) in [4.78, 5) is 20.7. The van der Waals surface area contributed by atoms with Crippen LogP contribution < -0.4 is 15.0 Å². The van der Waals surface area contributed by atoms with Gasteiger partial charge in [0.25, 0.3) is 0 Å². The Bertz CT molecular complexity index is 816. The topological polar surface area (TPSA) is 57.7 Å². The van der Waals surface area contributed by atoms with Crippen molar-refractivity contribution in [3.05, 3.63) is 46.6 Å². The van der Waals surface area contributed by atoms with E-state index in [0.29, 0.717) is 23.8 Å². The molecule has 0 spiro atoms. The van der Waals surface area contributed by atoms with Gasteiger partial charge < -0.3 is 15.0 Å². The molecule has 1 saturated heterocycles. The van der Waals surface area contributed by atoms with E-state index in [1.165, 1.54) is 18.2 Å². The molecule has 0 saturated carbocycles. The summed E-state index contributed by atoms with van der Waals surface area (Å²) < 4.78 is 28.8. The lowest BCUT2D eigenvalue weighted by atomic mass is 10.2. The summed E-state index contributed by atoms with van der Waals surface area (Å²) in [5, 5.41) is 3.30. The number of nitrogens with zero attached hydrogens (tertiary/aromatic N) is 3. The van der Waals surface area contributed by atoms with Crippen LogP contribution >= 0.6 is 23.2 Å². The highest BCUT2D eigenvalue weighted by Crippen LogP contribution is 2.29. The molecule has 0 unspecified atom stereocenters. The molecule has 10 heteroatoms. The van der Waals surface area contributed by atoms with Crippen molar-refractivity contribution in [2.24, 2.45) is 0 Å². The molecule has 3 rings (SSSR count). The van der Waals surface area contributed by atoms with Crippen LogP contribution in [-0.4, -0.2) is 55.1 Å². The Labute approximate surface area is 171 Å². The van der Waals surface area contributed by atoms with Gasteiger partial charge in [-0.1, -0.05) is 23.2 Å². The van der Waals surface area contributed by atoms with Gasteiger partial charge in [-0.25, -0.2) is 4.98 Å². The summed E-state index contributed by atoms with van der Waals surface area (Å²) in [6.07, 6.45) is 1.61. The number of halogens is 4. The summed E-state index contributed by atoms with van der Waals surface area (Å²) in [7, 11) is 0. The van der Waals surface area contributed by atoms with Crippen LogP contribution in [0.25, 0.3) is 0 Å². The van der Waals surface area contributed by atoms with Crippen molar-refractivity contribution < 1.29 is 18.3 Å². The van der Waals surface area contributed by atoms with Crippen LogP contribution in [0.5, 0.6) is 5.75 Å². The molecule has 6 nitrogen and oxygen atoms in total. The third-order valence-electron chi connectivity index (χ3n) is 4.21. The zero-order valence-electron chi connectivity index (χ0n) is 14.7. The molecule has 2 heterocycles. The van der Waals surface area contributed by atoms with Crippen molar-refractivity contribution in [2.45, 2.75) is 6.61 Å². The molecule has 0 atom stereocenters. The van der Waals surface area contributed by atoms with Gasteiger partial charge >= 0.3 is 6.61 Å². The Balaban J connectivity index is 1.48. The van der Waals surface area contributed by atoms with Crippen molar-refractivity contribution in [1.82, 2.24) is 9.88 Å². The predicted octanol–water partition coefficient (Wildman–Crippen LogP) is 3.75. The van der Waals surface area contributed by atoms with Crippen molar-refractivity contribution in [1.29, 1.82) is 0 Å². The minimum atomic E-state index is -2.96. The first kappa shape index (κ1) is 20.6. The normalized spacial score (nSPS) is 15.0. The number of nitrogens with one attached hydrogen (secondary N) is 1. The van der Waals surface area contributed by atoms with Crippen LogP contribution in [0.3, 0.4) is 0 Å². The highest BCUT2D eigenvalue weighted by atomic mass is 35.5. The maximum atomic E-state index is 12.3. The van der Waals surface area contributed by atoms with Gasteiger partial charge in [0, 0.05) is 38.1 Å². The van der Waals surface area contributed by atoms with Crippen LogP contribution in [0.4, 0.5) is 20.3 Å². The zero-order valence-corrected chi connectivity index (χ0v) is 16.3. The molecule has 1 aliphatic rings. The van der Waals surface area contributed by atoms with Crippen molar-refractivity contribution >= 4 is 40.6 Å². The molecule has 1 aromatic heterocycles. The fourth-order valence-corrected chi connectivity index (χ4v) is 3.20. The number of amides is 1. The molecule has 0 bridgehead atoms. The smallest absolute Gasteiger partial charge is 0.387 e. The van der Waals surface area contributed by atoms with Gasteiger partial charge in [0.1, 0.15) is 11.6 Å². The fraction of sp³-hybridized carbons (Fsp3) is 0.333. The minimum Gasteiger partial charge on any atom is -0.433 e. The molecule has 0 aliphatic carbocycles. The summed E-state index contributed by atoms with van der Waals surface area (Å²) in [6.45, 7) is 0.161. The van der Waals surface area contributed by atoms with E-state index in [-0.39, 0.29) is 23.2 Å². The quantitative estimate of drug-likeness (QED) is 0.755. The fourth-order valence-electron chi connectivity index (χ4n) is 2.86. The third-order valence-corrected chi connectivity index (χ3v) is 4.73. The molecule has 1 fully saturated rings. The van der Waals surface area contributed by atoms with Gasteiger partial charge in [0.15, 0.2) is 0 Å². The van der Waals surface area contributed by atoms with Gasteiger partial charge in [-0.05, 0) is 30.3 Å². The largest absolute Gasteiger partial charge is 0.433 e. The van der Waals surface area contributed by atoms with Gasteiger partial charge in [0.05, 0.1) is 16.6 Å². The van der Waals surface area contributed by atoms with E-state index in [1.807, 2.05) is 11.0 Å². The van der Waals surface area contributed by atoms with Gasteiger partial charge in [-0.15, -0.1) is 0 Å². The molecule has 0 radical (unpaired) electrons. The molecular weight excluding hydrogens is 413 g/mol. The van der Waals surface area contributed by atoms with Crippen molar-refractivity contribution in [3.63, 3.8) is 0 Å². The number of carbonyl (C=O) groups excluding carboxylic acids is 1. The summed E-state index contributed by atoms with van der Waals surface area (Å²) in [5.74, 6) is 0.507. The number of ether oxygens (including phenoxy) is 1. The van der Waals surface area contributed by atoms with Crippen LogP contribution in [0, 0.1) is 0 Å². The second-order valence-corrected chi connectivity index (χ2v) is 7.01. The molecule has 1 N–H and O–H groups in total. The molecule has 150 valence electrons. The van der Waals surface area contributed by atoms with Gasteiger partial charge in [-0.3, -0.25) is 9.69 Å². The molecular formula is C18H18Cl2F2N4O2. The highest BCUT2D eigenvalue weighted by Gasteiger charge is 2.20. The van der Waals surface area contributed by atoms with Crippen LogP contribution in [0.1, 0.15) is 0 Å². The number of alkyl halides is 2. The Morgan fingerprint density at radius 2 is 1.93 bits per heavy atom. The van der Waals surface area contributed by atoms with Gasteiger partial charge in [-0.2, -0.15) is 8.78 Å². The van der Waals surface area contributed by atoms with E-state index >= 15 is 0 Å². The molecule has 2 aromatic rings. The average molecular weight is 431 g/mol. The first-order valence-corrected chi connectivity index (χ1v) is 9.29. The number of benzene rings is 1. The Morgan fingerprint density at radius 1 is 1.18 bits per heavy atom. The standard InChI is InChI=1S/C18H18Cl2F2N4O2/c19-12-1-4-16(23-10-12)26-7-5-25(6-8-26)11-17(27)24-13-2-3-15(14(20)9-13)28-18(21)22/h1-4,9-10,18H,5-8,11H2,(H,24,27). The Kier molecular flexibility index (Phi) is 6.88. The lowest BCUT2D eigenvalue weighted by Gasteiger charge is -2.35. The van der Waals surface area contributed by atoms with E-state index < -0.39 is 6.61 Å². The predicted molar refractivity (Wildman–Crippen MR) is 105 cm³/mol. The number of rotatable bonds is 6. The number of hydrogen-bond acceptors (Lipinski definition) is 5. The lowest BCUT2D eigenvalue weighted by Crippen LogP contribution is -2.48. The highest BCUT2D eigenvalue weighted by molar-refractivity contribution is 6.32. The third kappa shape index (κ3) is 5.67. The Morgan fingerprint density at radius 3 is 2.54 bits per heavy atom. The minimum absolute atomic E-state index is 0.00202. The number of piperazine rings is 1. The van der Waals surface area contributed by atoms with E-state index in [9.17, 15) is 13.6 Å². The Hall–Kier alpha value is -2.16. The number of anilines is 2. The van der Waals surface area contributed by atoms with Crippen molar-refractivity contribution in [2.75, 3.05) is 42.9 Å². The first-order chi connectivity index (χ1) is 13.4. The summed E-state index contributed by atoms with van der Waals surface area (Å²) in [6, 6.07) is 7.80. The monoisotopic (exact) mass is 430 g/mol. The van der Waals surface area contributed by atoms with E-state index in [4.69, 9.17) is 23.2 Å². The number of hydrogen-bond donors (Lipinski definition) is 1.